The number of thiazole rings is 2. The molecule has 9 rings (SSSR count). The van der Waals surface area contributed by atoms with Crippen LogP contribution in [-0.2, 0) is 48.2 Å². The number of hydrogen-bond donors (Lipinski definition) is 8. The summed E-state index contributed by atoms with van der Waals surface area (Å²) in [6.07, 6.45) is 3.69. The average molecular weight is 1720 g/mol. The number of methoxy groups -OCH3 is 6. The van der Waals surface area contributed by atoms with E-state index in [0.717, 1.165) is 0 Å². The van der Waals surface area contributed by atoms with Gasteiger partial charge in [-0.05, 0) is 227 Å². The number of aliphatic hydroxyl groups is 3. The molecule has 0 saturated heterocycles. The third-order valence-electron chi connectivity index (χ3n) is 14.3. The van der Waals surface area contributed by atoms with Crippen molar-refractivity contribution in [1.82, 2.24) is 9.97 Å². The van der Waals surface area contributed by atoms with E-state index in [0.29, 0.717) is 90.0 Å². The maximum absolute atomic E-state index is 12.1. The van der Waals surface area contributed by atoms with E-state index >= 15 is 0 Å². The molecule has 9 aromatic rings. The molecule has 0 aliphatic heterocycles. The van der Waals surface area contributed by atoms with E-state index in [-0.39, 0.29) is 113 Å². The predicted molar refractivity (Wildman–Crippen MR) is 447 cm³/mol. The van der Waals surface area contributed by atoms with Crippen LogP contribution in [0.15, 0.2) is 151 Å². The molecule has 33 nitrogen and oxygen atoms in total. The number of ether oxygens (including phenoxy) is 12. The van der Waals surface area contributed by atoms with Gasteiger partial charge in [-0.2, -0.15) is 0 Å². The molecular weight excluding hydrogens is 1620 g/mol. The largest absolute Gasteiger partial charge is 0.508 e. The number of amides is 2. The number of aromatic hydroxyl groups is 1. The summed E-state index contributed by atoms with van der Waals surface area (Å²) < 4.78 is 60.1. The summed E-state index contributed by atoms with van der Waals surface area (Å²) in [6.45, 7) is 21.9. The topological polar surface area (TPSA) is 470 Å². The van der Waals surface area contributed by atoms with E-state index in [2.05, 4.69) is 49.0 Å². The number of aromatic carboxylic acids is 2. The van der Waals surface area contributed by atoms with Crippen LogP contribution in [0.2, 0.25) is 0 Å². The zero-order valence-corrected chi connectivity index (χ0v) is 71.5. The molecule has 0 atom stereocenters. The maximum atomic E-state index is 12.1. The second-order valence-corrected chi connectivity index (χ2v) is 28.2. The van der Waals surface area contributed by atoms with Gasteiger partial charge in [0.05, 0.1) is 144 Å². The molecule has 8 N–H and O–H groups in total. The molecule has 650 valence electrons. The normalized spacial score (nSPS) is 10.2. The van der Waals surface area contributed by atoms with E-state index in [1.54, 1.807) is 77.8 Å². The van der Waals surface area contributed by atoms with Gasteiger partial charge >= 0.3 is 47.8 Å². The number of phenolic OH excluding ortho intramolecular Hbond substituents is 1. The van der Waals surface area contributed by atoms with Crippen molar-refractivity contribution in [2.75, 3.05) is 53.3 Å². The number of carboxylic acid groups (broad SMARTS) is 2. The van der Waals surface area contributed by atoms with Gasteiger partial charge in [-0.1, -0.05) is 0 Å². The third-order valence-corrected chi connectivity index (χ3v) is 15.7. The predicted octanol–water partition coefficient (Wildman–Crippen LogP) is 14.1. The number of nitrogens with zero attached hydrogens (tertiary/aromatic N) is 2. The molecule has 0 bridgehead atoms. The number of aliphatic hydroxyl groups excluding tert-OH is 3. The Kier molecular flexibility index (Phi) is 44.1. The lowest BCUT2D eigenvalue weighted by molar-refractivity contribution is 0.0580. The van der Waals surface area contributed by atoms with E-state index in [1.165, 1.54) is 138 Å². The minimum atomic E-state index is -1.12. The number of hydrogen-bond acceptors (Lipinski definition) is 31. The second kappa shape index (κ2) is 52.5. The van der Waals surface area contributed by atoms with Gasteiger partial charge in [0.15, 0.2) is 10.3 Å². The van der Waals surface area contributed by atoms with Crippen molar-refractivity contribution >= 4 is 98.8 Å². The Labute approximate surface area is 707 Å². The molecule has 2 aromatic heterocycles. The minimum absolute atomic E-state index is 0.00110. The number of carbonyl (C=O) groups excluding carboxylic acids is 9. The van der Waals surface area contributed by atoms with E-state index in [1.807, 2.05) is 83.1 Å². The maximum Gasteiger partial charge on any atom is 0.338 e. The van der Waals surface area contributed by atoms with Gasteiger partial charge in [-0.15, -0.1) is 22.7 Å². The molecule has 0 radical (unpaired) electrons. The highest BCUT2D eigenvalue weighted by Crippen LogP contribution is 2.27. The number of phenols is 1. The fourth-order valence-corrected chi connectivity index (χ4v) is 10.7. The molecule has 0 fully saturated rings. The molecular formula is C86H100N4O29S2. The summed E-state index contributed by atoms with van der Waals surface area (Å²) in [6, 6.07) is 31.4. The number of anilines is 2. The number of benzene rings is 7. The van der Waals surface area contributed by atoms with Crippen LogP contribution in [0.1, 0.15) is 214 Å². The number of nitrogens with one attached hydrogen (secondary N) is 2. The number of aromatic nitrogens is 2. The first kappa shape index (κ1) is 102. The van der Waals surface area contributed by atoms with Gasteiger partial charge in [0.2, 0.25) is 0 Å². The standard InChI is InChI=1S/C14H16N2O3S.C14H14N2O3S.C13H16O5.C12H14O5.C12H16O4.C11H14O4.C10H10O5/c2*1-9(2)19-12-6-10(8-17)5-11(7-12)13(18)16-14-15-3-4-20-14;1-8(2)18-11-6-9(12(14)16-3)5-10(7-11)13(15)17-4;1-7(2)17-10-5-8(11(13)14)4-9(6-10)12(15)16-3;1-8(2)16-11-5-9(7-13)4-10(6-11)12(14)15-3;1-7(2)15-10-4-8(6-12)3-9(5-10)11(13)14;1-14-9(12)6-3-7(10(13)15-2)5-8(11)4-6/h3-7,9,17H,8H2,1-2H3,(H,15,16,18);3-9H,1-2H3,(H,15,16,18);5-8H,1-4H3;4-7H,1-3H3,(H,13,14);4-6,8,13H,7H2,1-3H3;3-5,7,12H,6H2,1-2H3,(H,13,14);3-5,11H,1-2H3. The molecule has 0 spiro atoms. The van der Waals surface area contributed by atoms with E-state index in [9.17, 15) is 63.0 Å². The quantitative estimate of drug-likeness (QED) is 0.0128. The zero-order chi connectivity index (χ0) is 90.8. The van der Waals surface area contributed by atoms with E-state index < -0.39 is 47.8 Å². The molecule has 7 aromatic carbocycles. The van der Waals surface area contributed by atoms with E-state index in [4.69, 9.17) is 48.8 Å². The van der Waals surface area contributed by atoms with Gasteiger partial charge in [-0.3, -0.25) is 25.0 Å². The lowest BCUT2D eigenvalue weighted by Gasteiger charge is -2.12. The number of rotatable bonds is 28. The second-order valence-electron chi connectivity index (χ2n) is 26.4. The van der Waals surface area contributed by atoms with Crippen molar-refractivity contribution in [1.29, 1.82) is 0 Å². The SMILES string of the molecule is CC(C)Oc1cc(C=O)cc(C(=O)Nc2nccs2)c1.CC(C)Oc1cc(CO)cc(C(=O)Nc2nccs2)c1.CC(C)Oc1cc(CO)cc(C(=O)O)c1.COC(=O)c1cc(CO)cc(OC(C)C)c1.COC(=O)c1cc(O)cc(C(=O)OC)c1.COC(=O)c1cc(OC(C)C)cc(C(=O)O)c1.COC(=O)c1cc(OC(C)C)cc(C(=O)OC)c1. The summed E-state index contributed by atoms with van der Waals surface area (Å²) in [7, 11) is 7.52. The third kappa shape index (κ3) is 37.4. The summed E-state index contributed by atoms with van der Waals surface area (Å²) in [4.78, 5) is 133. The molecule has 0 aliphatic rings. The van der Waals surface area contributed by atoms with Crippen molar-refractivity contribution in [3.05, 3.63) is 228 Å². The van der Waals surface area contributed by atoms with Crippen LogP contribution in [-0.4, -0.2) is 186 Å². The van der Waals surface area contributed by atoms with Crippen LogP contribution < -0.4 is 39.1 Å². The highest BCUT2D eigenvalue weighted by atomic mass is 32.1. The Bertz CT molecular complexity index is 4840. The van der Waals surface area contributed by atoms with Crippen LogP contribution in [0.5, 0.6) is 40.2 Å². The Hall–Kier alpha value is -13.4. The number of esters is 6. The molecule has 121 heavy (non-hydrogen) atoms. The van der Waals surface area contributed by atoms with Gasteiger partial charge in [0, 0.05) is 39.8 Å². The summed E-state index contributed by atoms with van der Waals surface area (Å²) >= 11 is 2.67. The Morgan fingerprint density at radius 2 is 0.562 bits per heavy atom. The fraction of sp³-hybridized carbons (Fsp3) is 0.314. The van der Waals surface area contributed by atoms with Crippen LogP contribution in [0.4, 0.5) is 10.3 Å². The minimum Gasteiger partial charge on any atom is -0.508 e. The zero-order valence-electron chi connectivity index (χ0n) is 69.9. The Balaban J connectivity index is 0.000000366. The molecule has 2 heterocycles. The van der Waals surface area contributed by atoms with Crippen LogP contribution >= 0.6 is 22.7 Å². The smallest absolute Gasteiger partial charge is 0.338 e. The van der Waals surface area contributed by atoms with Crippen molar-refractivity contribution < 1.29 is 140 Å². The van der Waals surface area contributed by atoms with Crippen LogP contribution in [0.3, 0.4) is 0 Å². The van der Waals surface area contributed by atoms with Crippen LogP contribution in [0, 0.1) is 0 Å². The summed E-state index contributed by atoms with van der Waals surface area (Å²) in [5, 5.41) is 64.3. The highest BCUT2D eigenvalue weighted by molar-refractivity contribution is 7.14. The first-order chi connectivity index (χ1) is 57.2. The highest BCUT2D eigenvalue weighted by Gasteiger charge is 2.20. The Morgan fingerprint density at radius 3 is 0.826 bits per heavy atom. The number of aldehydes is 1. The molecule has 35 heteroatoms. The van der Waals surface area contributed by atoms with Gasteiger partial charge in [0.25, 0.3) is 11.8 Å². The molecule has 0 aliphatic carbocycles. The number of carbonyl (C=O) groups is 11. The number of carboxylic acids is 2. The lowest BCUT2D eigenvalue weighted by Crippen LogP contribution is -2.13. The van der Waals surface area contributed by atoms with Crippen molar-refractivity contribution in [3.8, 4) is 40.2 Å². The molecule has 0 saturated carbocycles. The van der Waals surface area contributed by atoms with Crippen molar-refractivity contribution in [2.24, 2.45) is 0 Å². The molecule has 0 unspecified atom stereocenters. The first-order valence-electron chi connectivity index (χ1n) is 36.6. The van der Waals surface area contributed by atoms with Crippen LogP contribution in [0.25, 0.3) is 0 Å². The lowest BCUT2D eigenvalue weighted by atomic mass is 10.1. The fourth-order valence-electron chi connectivity index (χ4n) is 9.63. The Morgan fingerprint density at radius 1 is 0.331 bits per heavy atom. The summed E-state index contributed by atoms with van der Waals surface area (Å²) in [5.41, 5.74) is 4.31. The monoisotopic (exact) mass is 1720 g/mol. The first-order valence-corrected chi connectivity index (χ1v) is 38.4. The summed E-state index contributed by atoms with van der Waals surface area (Å²) in [5.74, 6) is -3.46. The average Bonchev–Trinajstić information content (AvgIpc) is 1.64. The van der Waals surface area contributed by atoms with Gasteiger partial charge < -0.3 is 87.5 Å². The van der Waals surface area contributed by atoms with Crippen molar-refractivity contribution in [2.45, 2.75) is 140 Å². The van der Waals surface area contributed by atoms with Gasteiger partial charge in [-0.25, -0.2) is 48.3 Å². The van der Waals surface area contributed by atoms with Gasteiger partial charge in [0.1, 0.15) is 46.5 Å². The van der Waals surface area contributed by atoms with Crippen molar-refractivity contribution in [3.63, 3.8) is 0 Å². The molecule has 2 amide bonds.